The predicted octanol–water partition coefficient (Wildman–Crippen LogP) is 1.57. The van der Waals surface area contributed by atoms with Gasteiger partial charge in [-0.15, -0.1) is 0 Å². The van der Waals surface area contributed by atoms with Crippen molar-refractivity contribution in [3.05, 3.63) is 0 Å². The van der Waals surface area contributed by atoms with E-state index in [9.17, 15) is 4.79 Å². The van der Waals surface area contributed by atoms with Crippen molar-refractivity contribution in [1.82, 2.24) is 15.5 Å². The number of rotatable bonds is 6. The van der Waals surface area contributed by atoms with E-state index in [2.05, 4.69) is 15.5 Å². The second-order valence-electron chi connectivity index (χ2n) is 4.81. The van der Waals surface area contributed by atoms with Crippen molar-refractivity contribution in [2.24, 2.45) is 0 Å². The quantitative estimate of drug-likeness (QED) is 0.677. The zero-order valence-corrected chi connectivity index (χ0v) is 10.6. The van der Waals surface area contributed by atoms with Gasteiger partial charge in [-0.3, -0.25) is 0 Å². The van der Waals surface area contributed by atoms with Gasteiger partial charge in [0.05, 0.1) is 0 Å². The van der Waals surface area contributed by atoms with Gasteiger partial charge in [0.1, 0.15) is 0 Å². The van der Waals surface area contributed by atoms with Crippen molar-refractivity contribution in [3.63, 3.8) is 0 Å². The van der Waals surface area contributed by atoms with E-state index in [0.717, 1.165) is 13.0 Å². The van der Waals surface area contributed by atoms with Gasteiger partial charge >= 0.3 is 6.03 Å². The van der Waals surface area contributed by atoms with E-state index >= 15 is 0 Å². The molecule has 1 saturated heterocycles. The number of unbranched alkanes of at least 4 members (excludes halogenated alkanes) is 1. The van der Waals surface area contributed by atoms with Crippen LogP contribution in [0, 0.1) is 0 Å². The number of nitrogens with zero attached hydrogens (tertiary/aromatic N) is 1. The second kappa shape index (κ2) is 7.49. The number of nitrogens with one attached hydrogen (secondary N) is 2. The molecule has 2 N–H and O–H groups in total. The molecule has 0 atom stereocenters. The van der Waals surface area contributed by atoms with Crippen LogP contribution in [0.25, 0.3) is 0 Å². The molecule has 0 saturated carbocycles. The number of carbonyl (C=O) groups is 1. The lowest BCUT2D eigenvalue weighted by atomic mass is 10.3. The zero-order valence-electron chi connectivity index (χ0n) is 10.6. The van der Waals surface area contributed by atoms with Gasteiger partial charge in [-0.25, -0.2) is 4.79 Å². The normalized spacial score (nSPS) is 16.7. The summed E-state index contributed by atoms with van der Waals surface area (Å²) in [5.74, 6) is 0. The van der Waals surface area contributed by atoms with E-state index in [0.29, 0.717) is 0 Å². The lowest BCUT2D eigenvalue weighted by Crippen LogP contribution is -2.39. The maximum Gasteiger partial charge on any atom is 0.314 e. The molecular weight excluding hydrogens is 202 g/mol. The first kappa shape index (κ1) is 13.3. The van der Waals surface area contributed by atoms with Gasteiger partial charge in [0.15, 0.2) is 0 Å². The van der Waals surface area contributed by atoms with Gasteiger partial charge in [0, 0.05) is 12.6 Å². The smallest absolute Gasteiger partial charge is 0.314 e. The lowest BCUT2D eigenvalue weighted by molar-refractivity contribution is 0.238. The highest BCUT2D eigenvalue weighted by Crippen LogP contribution is 2.07. The fraction of sp³-hybridized carbons (Fsp3) is 0.917. The molecule has 0 bridgehead atoms. The van der Waals surface area contributed by atoms with Crippen LogP contribution in [0.5, 0.6) is 0 Å². The average molecular weight is 227 g/mol. The van der Waals surface area contributed by atoms with Crippen molar-refractivity contribution < 1.29 is 4.79 Å². The van der Waals surface area contributed by atoms with Crippen LogP contribution < -0.4 is 10.6 Å². The van der Waals surface area contributed by atoms with Crippen LogP contribution in [-0.4, -0.2) is 43.2 Å². The van der Waals surface area contributed by atoms with Crippen LogP contribution in [-0.2, 0) is 0 Å². The molecule has 4 nitrogen and oxygen atoms in total. The van der Waals surface area contributed by atoms with E-state index < -0.39 is 0 Å². The number of amides is 2. The van der Waals surface area contributed by atoms with E-state index in [4.69, 9.17) is 0 Å². The van der Waals surface area contributed by atoms with Gasteiger partial charge in [-0.1, -0.05) is 0 Å². The minimum atomic E-state index is -0.0452. The highest BCUT2D eigenvalue weighted by atomic mass is 16.2. The van der Waals surface area contributed by atoms with Crippen molar-refractivity contribution in [1.29, 1.82) is 0 Å². The Morgan fingerprint density at radius 1 is 1.25 bits per heavy atom. The summed E-state index contributed by atoms with van der Waals surface area (Å²) in [5, 5.41) is 5.69. The highest BCUT2D eigenvalue weighted by Gasteiger charge is 2.10. The molecule has 0 aliphatic carbocycles. The summed E-state index contributed by atoms with van der Waals surface area (Å²) >= 11 is 0. The molecule has 1 fully saturated rings. The van der Waals surface area contributed by atoms with E-state index in [1.807, 2.05) is 13.8 Å². The highest BCUT2D eigenvalue weighted by molar-refractivity contribution is 5.73. The monoisotopic (exact) mass is 227 g/mol. The third kappa shape index (κ3) is 5.95. The molecule has 94 valence electrons. The van der Waals surface area contributed by atoms with E-state index in [1.165, 1.54) is 38.9 Å². The summed E-state index contributed by atoms with van der Waals surface area (Å²) in [6.07, 6.45) is 4.97. The molecule has 1 heterocycles. The topological polar surface area (TPSA) is 44.4 Å². The second-order valence-corrected chi connectivity index (χ2v) is 4.81. The summed E-state index contributed by atoms with van der Waals surface area (Å²) in [4.78, 5) is 13.7. The molecule has 1 rings (SSSR count). The number of carbonyl (C=O) groups excluding carboxylic acids is 1. The minimum Gasteiger partial charge on any atom is -0.338 e. The lowest BCUT2D eigenvalue weighted by Gasteiger charge is -2.14. The van der Waals surface area contributed by atoms with Crippen molar-refractivity contribution in [3.8, 4) is 0 Å². The van der Waals surface area contributed by atoms with E-state index in [1.54, 1.807) is 0 Å². The summed E-state index contributed by atoms with van der Waals surface area (Å²) in [5.41, 5.74) is 0. The third-order valence-electron chi connectivity index (χ3n) is 2.81. The Labute approximate surface area is 98.8 Å². The largest absolute Gasteiger partial charge is 0.338 e. The molecule has 16 heavy (non-hydrogen) atoms. The van der Waals surface area contributed by atoms with Crippen LogP contribution in [0.15, 0.2) is 0 Å². The number of likely N-dealkylation sites (tertiary alicyclic amines) is 1. The van der Waals surface area contributed by atoms with Gasteiger partial charge in [0.2, 0.25) is 0 Å². The van der Waals surface area contributed by atoms with Gasteiger partial charge in [0.25, 0.3) is 0 Å². The summed E-state index contributed by atoms with van der Waals surface area (Å²) < 4.78 is 0. The number of hydrogen-bond donors (Lipinski definition) is 2. The Bertz CT molecular complexity index is 200. The molecule has 0 aromatic heterocycles. The molecule has 4 heteroatoms. The Hall–Kier alpha value is -0.770. The van der Waals surface area contributed by atoms with Crippen LogP contribution in [0.3, 0.4) is 0 Å². The Morgan fingerprint density at radius 2 is 1.94 bits per heavy atom. The standard InChI is InChI=1S/C12H25N3O/c1-11(2)14-12(16)13-7-3-4-8-15-9-5-6-10-15/h11H,3-10H2,1-2H3,(H2,13,14,16). The van der Waals surface area contributed by atoms with Crippen LogP contribution >= 0.6 is 0 Å². The molecular formula is C12H25N3O. The van der Waals surface area contributed by atoms with Crippen molar-refractivity contribution in [2.75, 3.05) is 26.2 Å². The summed E-state index contributed by atoms with van der Waals surface area (Å²) in [6, 6.07) is 0.167. The fourth-order valence-corrected chi connectivity index (χ4v) is 1.98. The Kier molecular flexibility index (Phi) is 6.23. The van der Waals surface area contributed by atoms with E-state index in [-0.39, 0.29) is 12.1 Å². The Morgan fingerprint density at radius 3 is 2.56 bits per heavy atom. The first-order valence-corrected chi connectivity index (χ1v) is 6.45. The van der Waals surface area contributed by atoms with Crippen LogP contribution in [0.2, 0.25) is 0 Å². The SMILES string of the molecule is CC(C)NC(=O)NCCCCN1CCCC1. The maximum absolute atomic E-state index is 11.2. The van der Waals surface area contributed by atoms with Crippen molar-refractivity contribution >= 4 is 6.03 Å². The summed E-state index contributed by atoms with van der Waals surface area (Å²) in [7, 11) is 0. The first-order chi connectivity index (χ1) is 7.68. The molecule has 2 amide bonds. The first-order valence-electron chi connectivity index (χ1n) is 6.45. The average Bonchev–Trinajstić information content (AvgIpc) is 2.68. The molecule has 0 radical (unpaired) electrons. The molecule has 0 spiro atoms. The predicted molar refractivity (Wildman–Crippen MR) is 66.6 cm³/mol. The number of urea groups is 1. The van der Waals surface area contributed by atoms with Crippen molar-refractivity contribution in [2.45, 2.75) is 45.6 Å². The minimum absolute atomic E-state index is 0.0452. The zero-order chi connectivity index (χ0) is 11.8. The van der Waals surface area contributed by atoms with Gasteiger partial charge in [-0.05, 0) is 59.2 Å². The third-order valence-corrected chi connectivity index (χ3v) is 2.81. The van der Waals surface area contributed by atoms with Crippen LogP contribution in [0.4, 0.5) is 4.79 Å². The Balaban J connectivity index is 1.89. The summed E-state index contributed by atoms with van der Waals surface area (Å²) in [6.45, 7) is 8.43. The van der Waals surface area contributed by atoms with Gasteiger partial charge < -0.3 is 15.5 Å². The fourth-order valence-electron chi connectivity index (χ4n) is 1.98. The molecule has 1 aliphatic rings. The molecule has 0 unspecified atom stereocenters. The molecule has 1 aliphatic heterocycles. The number of hydrogen-bond acceptors (Lipinski definition) is 2. The molecule has 0 aromatic rings. The molecule has 0 aromatic carbocycles. The maximum atomic E-state index is 11.2. The van der Waals surface area contributed by atoms with Gasteiger partial charge in [-0.2, -0.15) is 0 Å². The van der Waals surface area contributed by atoms with Crippen LogP contribution in [0.1, 0.15) is 39.5 Å².